The second kappa shape index (κ2) is 11.8. The number of benzene rings is 3. The molecule has 1 fully saturated rings. The van der Waals surface area contributed by atoms with E-state index < -0.39 is 5.82 Å². The van der Waals surface area contributed by atoms with E-state index in [4.69, 9.17) is 33.3 Å². The number of carbonyl (C=O) groups excluding carboxylic acids is 2. The Kier molecular flexibility index (Phi) is 8.48. The number of nitrogens with zero attached hydrogens (tertiary/aromatic N) is 1. The predicted octanol–water partition coefficient (Wildman–Crippen LogP) is 6.61. The summed E-state index contributed by atoms with van der Waals surface area (Å²) >= 11 is 12.6. The van der Waals surface area contributed by atoms with E-state index in [1.165, 1.54) is 29.2 Å². The van der Waals surface area contributed by atoms with Gasteiger partial charge in [0.2, 0.25) is 0 Å². The van der Waals surface area contributed by atoms with Gasteiger partial charge in [-0.05, 0) is 79.6 Å². The van der Waals surface area contributed by atoms with E-state index >= 15 is 0 Å². The van der Waals surface area contributed by atoms with Gasteiger partial charge in [-0.15, -0.1) is 0 Å². The summed E-state index contributed by atoms with van der Waals surface area (Å²) in [4.78, 5) is 27.2. The molecule has 0 unspecified atom stereocenters. The summed E-state index contributed by atoms with van der Waals surface area (Å²) in [6, 6.07) is 16.0. The smallest absolute Gasteiger partial charge is 0.270 e. The molecule has 37 heavy (non-hydrogen) atoms. The Hall–Kier alpha value is -3.40. The van der Waals surface area contributed by atoms with Gasteiger partial charge in [-0.2, -0.15) is 0 Å². The van der Waals surface area contributed by atoms with Gasteiger partial charge in [-0.1, -0.05) is 47.7 Å². The number of thioether (sulfide) groups is 1. The van der Waals surface area contributed by atoms with Crippen molar-refractivity contribution in [3.63, 3.8) is 0 Å². The van der Waals surface area contributed by atoms with Crippen LogP contribution in [-0.4, -0.2) is 29.3 Å². The fourth-order valence-electron chi connectivity index (χ4n) is 3.49. The number of aryl methyl sites for hydroxylation is 1. The van der Waals surface area contributed by atoms with Gasteiger partial charge in [-0.3, -0.25) is 14.5 Å². The highest BCUT2D eigenvalue weighted by molar-refractivity contribution is 8.27. The van der Waals surface area contributed by atoms with Crippen molar-refractivity contribution in [1.29, 1.82) is 0 Å². The first-order valence-corrected chi connectivity index (χ1v) is 12.8. The molecule has 0 radical (unpaired) electrons. The van der Waals surface area contributed by atoms with Gasteiger partial charge in [0.15, 0.2) is 22.4 Å². The Balaban J connectivity index is 1.48. The normalized spacial score (nSPS) is 14.3. The van der Waals surface area contributed by atoms with Crippen LogP contribution in [0.2, 0.25) is 5.02 Å². The molecule has 1 aliphatic rings. The highest BCUT2D eigenvalue weighted by Crippen LogP contribution is 2.37. The molecule has 190 valence electrons. The minimum absolute atomic E-state index is 0.234. The van der Waals surface area contributed by atoms with Crippen LogP contribution < -0.4 is 19.7 Å². The molecule has 3 aromatic carbocycles. The lowest BCUT2D eigenvalue weighted by molar-refractivity contribution is -0.118. The summed E-state index contributed by atoms with van der Waals surface area (Å²) in [5, 5.41) is 3.30. The maximum Gasteiger partial charge on any atom is 0.270 e. The molecule has 0 aromatic heterocycles. The Bertz CT molecular complexity index is 1400. The van der Waals surface area contributed by atoms with E-state index in [0.29, 0.717) is 49.3 Å². The molecule has 2 amide bonds. The van der Waals surface area contributed by atoms with Gasteiger partial charge in [-0.25, -0.2) is 4.39 Å². The molecule has 1 aliphatic heterocycles. The van der Waals surface area contributed by atoms with Gasteiger partial charge in [0, 0.05) is 10.7 Å². The first-order valence-electron chi connectivity index (χ1n) is 11.2. The van der Waals surface area contributed by atoms with Gasteiger partial charge in [0.25, 0.3) is 11.8 Å². The zero-order valence-corrected chi connectivity index (χ0v) is 22.3. The average Bonchev–Trinajstić information content (AvgIpc) is 3.14. The SMILES string of the molecule is CCOc1cc(/C=C2\SC(=S)N(c3ccc(F)cc3)C2=O)ccc1OCC(=O)Nc1cc(Cl)ccc1C. The number of hydrogen-bond acceptors (Lipinski definition) is 6. The van der Waals surface area contributed by atoms with Crippen molar-refractivity contribution in [2.24, 2.45) is 0 Å². The fraction of sp³-hybridized carbons (Fsp3) is 0.148. The third kappa shape index (κ3) is 6.49. The molecule has 1 N–H and O–H groups in total. The molecule has 3 aromatic rings. The number of thiocarbonyl (C=S) groups is 1. The third-order valence-corrected chi connectivity index (χ3v) is 6.81. The van der Waals surface area contributed by atoms with E-state index in [2.05, 4.69) is 5.32 Å². The van der Waals surface area contributed by atoms with Crippen molar-refractivity contribution in [1.82, 2.24) is 0 Å². The maximum absolute atomic E-state index is 13.3. The van der Waals surface area contributed by atoms with E-state index in [1.807, 2.05) is 19.9 Å². The largest absolute Gasteiger partial charge is 0.490 e. The number of amides is 2. The van der Waals surface area contributed by atoms with Crippen molar-refractivity contribution < 1.29 is 23.5 Å². The minimum Gasteiger partial charge on any atom is -0.490 e. The number of hydrogen-bond donors (Lipinski definition) is 1. The minimum atomic E-state index is -0.396. The van der Waals surface area contributed by atoms with Gasteiger partial charge >= 0.3 is 0 Å². The molecule has 0 aliphatic carbocycles. The maximum atomic E-state index is 13.3. The Morgan fingerprint density at radius 2 is 1.86 bits per heavy atom. The number of nitrogens with one attached hydrogen (secondary N) is 1. The molecule has 1 heterocycles. The lowest BCUT2D eigenvalue weighted by Crippen LogP contribution is -2.27. The first-order chi connectivity index (χ1) is 17.7. The topological polar surface area (TPSA) is 67.9 Å². The molecule has 0 atom stereocenters. The Labute approximate surface area is 228 Å². The highest BCUT2D eigenvalue weighted by Gasteiger charge is 2.33. The van der Waals surface area contributed by atoms with Crippen LogP contribution in [0.25, 0.3) is 6.08 Å². The summed E-state index contributed by atoms with van der Waals surface area (Å²) < 4.78 is 25.1. The van der Waals surface area contributed by atoms with E-state index in [1.54, 1.807) is 36.4 Å². The van der Waals surface area contributed by atoms with Crippen LogP contribution in [0.1, 0.15) is 18.1 Å². The number of anilines is 2. The standard InChI is InChI=1S/C27H22ClFN2O4S2/c1-3-34-23-12-17(13-24-26(33)31(27(36)37-24)20-9-7-19(29)8-10-20)5-11-22(23)35-15-25(32)30-21-14-18(28)6-4-16(21)2/h4-14H,3,15H2,1-2H3,(H,30,32)/b24-13-. The lowest BCUT2D eigenvalue weighted by atomic mass is 10.1. The molecule has 6 nitrogen and oxygen atoms in total. The highest BCUT2D eigenvalue weighted by atomic mass is 35.5. The van der Waals surface area contributed by atoms with Crippen molar-refractivity contribution in [3.8, 4) is 11.5 Å². The monoisotopic (exact) mass is 556 g/mol. The molecule has 0 bridgehead atoms. The zero-order valence-electron chi connectivity index (χ0n) is 19.9. The molecular weight excluding hydrogens is 535 g/mol. The summed E-state index contributed by atoms with van der Waals surface area (Å²) in [5.74, 6) is -0.227. The number of rotatable bonds is 8. The van der Waals surface area contributed by atoms with Crippen LogP contribution in [0.5, 0.6) is 11.5 Å². The van der Waals surface area contributed by atoms with Crippen LogP contribution in [0, 0.1) is 12.7 Å². The summed E-state index contributed by atoms with van der Waals surface area (Å²) in [5.41, 5.74) is 2.67. The van der Waals surface area contributed by atoms with Crippen molar-refractivity contribution in [2.45, 2.75) is 13.8 Å². The summed E-state index contributed by atoms with van der Waals surface area (Å²) in [6.45, 7) is 3.84. The molecule has 10 heteroatoms. The van der Waals surface area contributed by atoms with Crippen LogP contribution in [0.15, 0.2) is 65.6 Å². The Morgan fingerprint density at radius 1 is 1.11 bits per heavy atom. The van der Waals surface area contributed by atoms with Crippen molar-refractivity contribution in [2.75, 3.05) is 23.4 Å². The number of carbonyl (C=O) groups is 2. The Morgan fingerprint density at radius 3 is 2.59 bits per heavy atom. The molecule has 0 saturated carbocycles. The third-order valence-electron chi connectivity index (χ3n) is 5.28. The first kappa shape index (κ1) is 26.7. The van der Waals surface area contributed by atoms with Gasteiger partial charge in [0.05, 0.1) is 17.2 Å². The van der Waals surface area contributed by atoms with Crippen molar-refractivity contribution >= 4 is 69.2 Å². The van der Waals surface area contributed by atoms with Crippen molar-refractivity contribution in [3.05, 3.63) is 87.5 Å². The average molecular weight is 557 g/mol. The second-order valence-electron chi connectivity index (χ2n) is 7.93. The second-order valence-corrected chi connectivity index (χ2v) is 10.0. The van der Waals surface area contributed by atoms with Crippen LogP contribution in [0.3, 0.4) is 0 Å². The molecule has 1 saturated heterocycles. The quantitative estimate of drug-likeness (QED) is 0.249. The summed E-state index contributed by atoms with van der Waals surface area (Å²) in [6.07, 6.45) is 1.70. The van der Waals surface area contributed by atoms with Crippen LogP contribution in [-0.2, 0) is 9.59 Å². The molecule has 4 rings (SSSR count). The van der Waals surface area contributed by atoms with Gasteiger partial charge in [0.1, 0.15) is 5.82 Å². The van der Waals surface area contributed by atoms with E-state index in [-0.39, 0.29) is 18.4 Å². The predicted molar refractivity (Wildman–Crippen MR) is 150 cm³/mol. The van der Waals surface area contributed by atoms with Gasteiger partial charge < -0.3 is 14.8 Å². The van der Waals surface area contributed by atoms with E-state index in [9.17, 15) is 14.0 Å². The van der Waals surface area contributed by atoms with E-state index in [0.717, 1.165) is 17.3 Å². The fourth-order valence-corrected chi connectivity index (χ4v) is 4.96. The molecular formula is C27H22ClFN2O4S2. The van der Waals surface area contributed by atoms with Crippen LogP contribution in [0.4, 0.5) is 15.8 Å². The summed E-state index contributed by atoms with van der Waals surface area (Å²) in [7, 11) is 0. The lowest BCUT2D eigenvalue weighted by Gasteiger charge is -2.14. The number of ether oxygens (including phenoxy) is 2. The van der Waals surface area contributed by atoms with Crippen LogP contribution >= 0.6 is 35.6 Å². The molecule has 0 spiro atoms. The number of halogens is 2. The zero-order chi connectivity index (χ0) is 26.5.